The lowest BCUT2D eigenvalue weighted by molar-refractivity contribution is -0.161. The fraction of sp³-hybridized carbons (Fsp3) is 0.854. The molecule has 0 amide bonds. The third kappa shape index (κ3) is 42.6. The first-order valence-electron chi connectivity index (χ1n) is 24.4. The number of aliphatic carboxylic acids is 1. The molecule has 0 heterocycles. The Morgan fingerprint density at radius 3 is 1.22 bits per heavy atom. The molecule has 0 aromatic rings. The Morgan fingerprint density at radius 2 is 0.833 bits per heavy atom. The molecular formula is C48H90NO10P. The van der Waals surface area contributed by atoms with Crippen molar-refractivity contribution < 1.29 is 47.5 Å². The van der Waals surface area contributed by atoms with Gasteiger partial charge in [0.2, 0.25) is 0 Å². The Morgan fingerprint density at radius 1 is 0.500 bits per heavy atom. The van der Waals surface area contributed by atoms with Crippen molar-refractivity contribution in [2.75, 3.05) is 19.8 Å². The van der Waals surface area contributed by atoms with Gasteiger partial charge >= 0.3 is 25.7 Å². The normalized spacial score (nSPS) is 13.8. The van der Waals surface area contributed by atoms with Gasteiger partial charge < -0.3 is 25.2 Å². The van der Waals surface area contributed by atoms with E-state index in [1.54, 1.807) is 0 Å². The van der Waals surface area contributed by atoms with Gasteiger partial charge in [-0.15, -0.1) is 0 Å². The Hall–Kier alpha value is -2.04. The zero-order chi connectivity index (χ0) is 44.2. The number of phosphoric acid groups is 1. The van der Waals surface area contributed by atoms with Gasteiger partial charge in [0.15, 0.2) is 6.10 Å². The SMILES string of the molecule is CCCCCCCC/C=C\CCCCCCCCCC(=O)O[C@H](COC(=O)CCCCCCCCC/C=C\CCCCCCCCCC)COP(=O)(O)OC[C@H](N)C(=O)O. The fourth-order valence-corrected chi connectivity index (χ4v) is 7.60. The van der Waals surface area contributed by atoms with Gasteiger partial charge in [-0.05, 0) is 64.2 Å². The first-order valence-corrected chi connectivity index (χ1v) is 25.9. The summed E-state index contributed by atoms with van der Waals surface area (Å²) in [4.78, 5) is 46.1. The smallest absolute Gasteiger partial charge is 0.472 e. The quantitative estimate of drug-likeness (QED) is 0.0230. The van der Waals surface area contributed by atoms with Crippen molar-refractivity contribution in [3.63, 3.8) is 0 Å². The summed E-state index contributed by atoms with van der Waals surface area (Å²) in [5, 5.41) is 8.91. The Kier molecular flexibility index (Phi) is 42.1. The van der Waals surface area contributed by atoms with Crippen LogP contribution in [0.1, 0.15) is 232 Å². The van der Waals surface area contributed by atoms with E-state index in [1.165, 1.54) is 141 Å². The van der Waals surface area contributed by atoms with Crippen LogP contribution in [0.25, 0.3) is 0 Å². The second kappa shape index (κ2) is 43.6. The Bertz CT molecular complexity index is 1120. The average Bonchev–Trinajstić information content (AvgIpc) is 3.22. The number of carboxylic acids is 1. The lowest BCUT2D eigenvalue weighted by Crippen LogP contribution is -2.34. The summed E-state index contributed by atoms with van der Waals surface area (Å²) in [6.07, 6.45) is 46.6. The van der Waals surface area contributed by atoms with Gasteiger partial charge in [0.05, 0.1) is 13.2 Å². The highest BCUT2D eigenvalue weighted by Gasteiger charge is 2.28. The number of phosphoric ester groups is 1. The van der Waals surface area contributed by atoms with Gasteiger partial charge in [-0.25, -0.2) is 4.57 Å². The fourth-order valence-electron chi connectivity index (χ4n) is 6.82. The molecule has 0 spiro atoms. The second-order valence-electron chi connectivity index (χ2n) is 16.6. The third-order valence-corrected chi connectivity index (χ3v) is 11.6. The van der Waals surface area contributed by atoms with Crippen molar-refractivity contribution in [3.8, 4) is 0 Å². The highest BCUT2D eigenvalue weighted by atomic mass is 31.2. The van der Waals surface area contributed by atoms with E-state index in [4.69, 9.17) is 24.8 Å². The number of carbonyl (C=O) groups is 3. The number of allylic oxidation sites excluding steroid dienone is 4. The van der Waals surface area contributed by atoms with Crippen molar-refractivity contribution in [1.82, 2.24) is 0 Å². The number of nitrogens with two attached hydrogens (primary N) is 1. The van der Waals surface area contributed by atoms with Crippen LogP contribution in [0.2, 0.25) is 0 Å². The molecule has 0 saturated carbocycles. The van der Waals surface area contributed by atoms with E-state index < -0.39 is 51.1 Å². The van der Waals surface area contributed by atoms with Crippen LogP contribution in [0.15, 0.2) is 24.3 Å². The lowest BCUT2D eigenvalue weighted by Gasteiger charge is -2.20. The average molecular weight is 872 g/mol. The molecule has 0 fully saturated rings. The minimum Gasteiger partial charge on any atom is -0.480 e. The summed E-state index contributed by atoms with van der Waals surface area (Å²) in [7, 11) is -4.72. The molecule has 352 valence electrons. The van der Waals surface area contributed by atoms with Crippen LogP contribution in [0.5, 0.6) is 0 Å². The topological polar surface area (TPSA) is 172 Å². The lowest BCUT2D eigenvalue weighted by atomic mass is 10.1. The molecule has 60 heavy (non-hydrogen) atoms. The number of carboxylic acid groups (broad SMARTS) is 1. The maximum atomic E-state index is 12.7. The molecule has 0 aromatic heterocycles. The van der Waals surface area contributed by atoms with Crippen molar-refractivity contribution in [2.24, 2.45) is 5.73 Å². The zero-order valence-corrected chi connectivity index (χ0v) is 39.2. The monoisotopic (exact) mass is 872 g/mol. The van der Waals surface area contributed by atoms with Crippen molar-refractivity contribution in [1.29, 1.82) is 0 Å². The Labute approximate surface area is 366 Å². The molecule has 12 heteroatoms. The first-order chi connectivity index (χ1) is 29.1. The van der Waals surface area contributed by atoms with E-state index in [0.29, 0.717) is 12.8 Å². The van der Waals surface area contributed by atoms with Gasteiger partial charge in [-0.1, -0.05) is 179 Å². The zero-order valence-electron chi connectivity index (χ0n) is 38.3. The summed E-state index contributed by atoms with van der Waals surface area (Å²) in [5.41, 5.74) is 5.34. The van der Waals surface area contributed by atoms with Crippen LogP contribution in [-0.2, 0) is 37.5 Å². The molecule has 0 saturated heterocycles. The molecule has 0 rings (SSSR count). The summed E-state index contributed by atoms with van der Waals surface area (Å²) in [6.45, 7) is 2.82. The molecular weight excluding hydrogens is 781 g/mol. The molecule has 0 bridgehead atoms. The predicted octanol–water partition coefficient (Wildman–Crippen LogP) is 13.4. The molecule has 4 N–H and O–H groups in total. The molecule has 11 nitrogen and oxygen atoms in total. The van der Waals surface area contributed by atoms with E-state index in [0.717, 1.165) is 51.4 Å². The third-order valence-electron chi connectivity index (χ3n) is 10.7. The van der Waals surface area contributed by atoms with Crippen LogP contribution in [0.4, 0.5) is 0 Å². The summed E-state index contributed by atoms with van der Waals surface area (Å²) in [5.74, 6) is -2.38. The van der Waals surface area contributed by atoms with Gasteiger partial charge in [0.25, 0.3) is 0 Å². The molecule has 3 atom stereocenters. The standard InChI is InChI=1S/C48H90NO10P/c1-3-5-7-9-11-13-15-17-19-21-22-24-25-27-29-31-33-35-37-39-46(50)56-41-44(42-57-60(54,55)58-43-45(49)48(52)53)59-47(51)40-38-36-34-32-30-28-26-23-20-18-16-14-12-10-8-6-4-2/h18,20-22,44-45H,3-17,19,23-43,49H2,1-2H3,(H,52,53)(H,54,55)/b20-18-,22-21-/t44-,45+/m1/s1. The van der Waals surface area contributed by atoms with Crippen LogP contribution < -0.4 is 5.73 Å². The van der Waals surface area contributed by atoms with Gasteiger partial charge in [0.1, 0.15) is 12.6 Å². The molecule has 1 unspecified atom stereocenters. The van der Waals surface area contributed by atoms with Gasteiger partial charge in [0, 0.05) is 12.8 Å². The molecule has 0 radical (unpaired) electrons. The number of carbonyl (C=O) groups excluding carboxylic acids is 2. The summed E-state index contributed by atoms with van der Waals surface area (Å²) < 4.78 is 32.8. The van der Waals surface area contributed by atoms with E-state index >= 15 is 0 Å². The maximum absolute atomic E-state index is 12.7. The van der Waals surface area contributed by atoms with Gasteiger partial charge in [-0.3, -0.25) is 23.4 Å². The van der Waals surface area contributed by atoms with Crippen molar-refractivity contribution in [3.05, 3.63) is 24.3 Å². The van der Waals surface area contributed by atoms with E-state index in [1.807, 2.05) is 0 Å². The number of hydrogen-bond acceptors (Lipinski definition) is 9. The number of esters is 2. The van der Waals surface area contributed by atoms with E-state index in [-0.39, 0.29) is 19.4 Å². The molecule has 0 aliphatic heterocycles. The molecule has 0 aliphatic rings. The number of ether oxygens (including phenoxy) is 2. The molecule has 0 aliphatic carbocycles. The van der Waals surface area contributed by atoms with E-state index in [9.17, 15) is 23.8 Å². The van der Waals surface area contributed by atoms with Crippen LogP contribution in [0.3, 0.4) is 0 Å². The van der Waals surface area contributed by atoms with Crippen LogP contribution in [0, 0.1) is 0 Å². The highest BCUT2D eigenvalue weighted by molar-refractivity contribution is 7.47. The summed E-state index contributed by atoms with van der Waals surface area (Å²) in [6, 6.07) is -1.52. The van der Waals surface area contributed by atoms with Gasteiger partial charge in [-0.2, -0.15) is 0 Å². The predicted molar refractivity (Wildman–Crippen MR) is 245 cm³/mol. The van der Waals surface area contributed by atoms with Crippen LogP contribution in [-0.4, -0.2) is 59.9 Å². The highest BCUT2D eigenvalue weighted by Crippen LogP contribution is 2.43. The van der Waals surface area contributed by atoms with Crippen molar-refractivity contribution >= 4 is 25.7 Å². The minimum absolute atomic E-state index is 0.157. The number of unbranched alkanes of at least 4 members (excludes halogenated alkanes) is 28. The maximum Gasteiger partial charge on any atom is 0.472 e. The Balaban J connectivity index is 4.28. The van der Waals surface area contributed by atoms with Crippen molar-refractivity contribution in [2.45, 2.75) is 244 Å². The largest absolute Gasteiger partial charge is 0.480 e. The first kappa shape index (κ1) is 58.0. The van der Waals surface area contributed by atoms with Crippen LogP contribution >= 0.6 is 7.82 Å². The van der Waals surface area contributed by atoms with E-state index in [2.05, 4.69) is 42.7 Å². The number of hydrogen-bond donors (Lipinski definition) is 3. The molecule has 0 aromatic carbocycles. The minimum atomic E-state index is -4.72. The summed E-state index contributed by atoms with van der Waals surface area (Å²) >= 11 is 0. The number of rotatable bonds is 46. The second-order valence-corrected chi connectivity index (χ2v) is 18.0.